The second kappa shape index (κ2) is 6.64. The molecule has 0 fully saturated rings. The maximum absolute atomic E-state index is 12.8. The van der Waals surface area contributed by atoms with Gasteiger partial charge in [0.1, 0.15) is 0 Å². The van der Waals surface area contributed by atoms with Crippen LogP contribution in [0.25, 0.3) is 0 Å². The monoisotopic (exact) mass is 307 g/mol. The highest BCUT2D eigenvalue weighted by atomic mass is 79.9. The largest absolute Gasteiger partial charge is 0.466 e. The summed E-state index contributed by atoms with van der Waals surface area (Å²) in [6, 6.07) is 1.30. The highest BCUT2D eigenvalue weighted by molar-refractivity contribution is 9.08. The number of carbonyl (C=O) groups excluding carboxylic acids is 1. The van der Waals surface area contributed by atoms with Crippen LogP contribution in [0, 0.1) is 0 Å². The average molecular weight is 308 g/mol. The number of aromatic nitrogens is 1. The lowest BCUT2D eigenvalue weighted by atomic mass is 10.1. The molecule has 0 amide bonds. The van der Waals surface area contributed by atoms with Gasteiger partial charge in [-0.3, -0.25) is 9.78 Å². The van der Waals surface area contributed by atoms with Crippen LogP contribution in [0.4, 0.5) is 8.78 Å². The van der Waals surface area contributed by atoms with Crippen molar-refractivity contribution in [3.63, 3.8) is 0 Å². The van der Waals surface area contributed by atoms with Crippen LogP contribution in [-0.2, 0) is 21.3 Å². The van der Waals surface area contributed by atoms with Crippen molar-refractivity contribution in [2.45, 2.75) is 25.1 Å². The van der Waals surface area contributed by atoms with Crippen molar-refractivity contribution in [1.29, 1.82) is 0 Å². The number of hydrogen-bond acceptors (Lipinski definition) is 3. The van der Waals surface area contributed by atoms with Crippen molar-refractivity contribution in [3.05, 3.63) is 29.1 Å². The maximum Gasteiger partial charge on any atom is 0.310 e. The third kappa shape index (κ3) is 4.03. The second-order valence-corrected chi connectivity index (χ2v) is 3.85. The molecule has 0 saturated carbocycles. The molecule has 0 aliphatic heterocycles. The predicted octanol–water partition coefficient (Wildman–Crippen LogP) is 3.02. The molecule has 1 heterocycles. The summed E-state index contributed by atoms with van der Waals surface area (Å²) in [7, 11) is 0. The minimum Gasteiger partial charge on any atom is -0.466 e. The van der Waals surface area contributed by atoms with Gasteiger partial charge in [-0.2, -0.15) is 0 Å². The van der Waals surface area contributed by atoms with Crippen molar-refractivity contribution >= 4 is 21.9 Å². The van der Waals surface area contributed by atoms with Crippen molar-refractivity contribution in [2.75, 3.05) is 6.61 Å². The van der Waals surface area contributed by atoms with Crippen molar-refractivity contribution < 1.29 is 18.3 Å². The quantitative estimate of drug-likeness (QED) is 0.620. The third-order valence-electron chi connectivity index (χ3n) is 2.09. The fourth-order valence-corrected chi connectivity index (χ4v) is 1.64. The molecule has 0 bridgehead atoms. The van der Waals surface area contributed by atoms with Gasteiger partial charge in [-0.15, -0.1) is 0 Å². The first kappa shape index (κ1) is 14.0. The Morgan fingerprint density at radius 1 is 1.59 bits per heavy atom. The fraction of sp³-hybridized carbons (Fsp3) is 0.455. The average Bonchev–Trinajstić information content (AvgIpc) is 2.29. The molecular weight excluding hydrogens is 296 g/mol. The van der Waals surface area contributed by atoms with Crippen molar-refractivity contribution in [1.82, 2.24) is 4.98 Å². The van der Waals surface area contributed by atoms with Gasteiger partial charge in [0, 0.05) is 17.1 Å². The number of nitrogens with zero attached hydrogens (tertiary/aromatic N) is 1. The highest BCUT2D eigenvalue weighted by Gasteiger charge is 2.17. The first-order chi connectivity index (χ1) is 8.08. The molecule has 0 atom stereocenters. The summed E-state index contributed by atoms with van der Waals surface area (Å²) >= 11 is 3.14. The Hall–Kier alpha value is -1.04. The number of halogens is 3. The molecule has 0 radical (unpaired) electrons. The molecule has 0 aliphatic rings. The van der Waals surface area contributed by atoms with Crippen LogP contribution in [0.3, 0.4) is 0 Å². The van der Waals surface area contributed by atoms with Gasteiger partial charge in [0.05, 0.1) is 18.7 Å². The van der Waals surface area contributed by atoms with Gasteiger partial charge in [-0.05, 0) is 18.6 Å². The molecule has 94 valence electrons. The zero-order chi connectivity index (χ0) is 12.8. The molecule has 0 saturated heterocycles. The lowest BCUT2D eigenvalue weighted by molar-refractivity contribution is -0.142. The Kier molecular flexibility index (Phi) is 5.47. The molecule has 0 aromatic carbocycles. The van der Waals surface area contributed by atoms with Crippen LogP contribution in [0.5, 0.6) is 0 Å². The number of rotatable bonds is 5. The molecular formula is C11H12BrF2NO2. The Labute approximate surface area is 106 Å². The van der Waals surface area contributed by atoms with E-state index in [1.807, 2.05) is 0 Å². The van der Waals surface area contributed by atoms with E-state index in [0.717, 1.165) is 0 Å². The maximum atomic E-state index is 12.8. The van der Waals surface area contributed by atoms with E-state index in [2.05, 4.69) is 20.9 Å². The topological polar surface area (TPSA) is 39.2 Å². The molecule has 1 aromatic rings. The zero-order valence-electron chi connectivity index (χ0n) is 9.25. The lowest BCUT2D eigenvalue weighted by Gasteiger charge is -2.09. The van der Waals surface area contributed by atoms with Crippen LogP contribution >= 0.6 is 15.9 Å². The van der Waals surface area contributed by atoms with E-state index < -0.39 is 12.4 Å². The van der Waals surface area contributed by atoms with Gasteiger partial charge in [-0.25, -0.2) is 8.78 Å². The van der Waals surface area contributed by atoms with Crippen molar-refractivity contribution in [2.24, 2.45) is 0 Å². The Bertz CT molecular complexity index is 399. The molecule has 0 N–H and O–H groups in total. The summed E-state index contributed by atoms with van der Waals surface area (Å²) < 4.78 is 30.3. The minimum absolute atomic E-state index is 0.164. The lowest BCUT2D eigenvalue weighted by Crippen LogP contribution is -2.10. The molecule has 1 rings (SSSR count). The molecule has 3 nitrogen and oxygen atoms in total. The smallest absolute Gasteiger partial charge is 0.310 e. The molecule has 1 aromatic heterocycles. The van der Waals surface area contributed by atoms with E-state index in [4.69, 9.17) is 4.74 Å². The number of alkyl halides is 3. The van der Waals surface area contributed by atoms with E-state index in [9.17, 15) is 13.6 Å². The Balaban J connectivity index is 2.94. The first-order valence-electron chi connectivity index (χ1n) is 5.05. The van der Waals surface area contributed by atoms with E-state index >= 15 is 0 Å². The number of carbonyl (C=O) groups is 1. The van der Waals surface area contributed by atoms with E-state index in [1.54, 1.807) is 6.92 Å². The van der Waals surface area contributed by atoms with Gasteiger partial charge in [-0.1, -0.05) is 15.9 Å². The summed E-state index contributed by atoms with van der Waals surface area (Å²) in [6.45, 7) is 1.90. The van der Waals surface area contributed by atoms with Gasteiger partial charge in [0.15, 0.2) is 0 Å². The molecule has 0 spiro atoms. The molecule has 6 heteroatoms. The Morgan fingerprint density at radius 2 is 2.29 bits per heavy atom. The number of ether oxygens (including phenoxy) is 1. The van der Waals surface area contributed by atoms with E-state index in [-0.39, 0.29) is 24.2 Å². The number of pyridine rings is 1. The van der Waals surface area contributed by atoms with Gasteiger partial charge >= 0.3 is 5.97 Å². The third-order valence-corrected chi connectivity index (χ3v) is 2.67. The van der Waals surface area contributed by atoms with Crippen LogP contribution < -0.4 is 0 Å². The number of hydrogen-bond donors (Lipinski definition) is 0. The van der Waals surface area contributed by atoms with Gasteiger partial charge in [0.25, 0.3) is 6.43 Å². The summed E-state index contributed by atoms with van der Waals surface area (Å²) in [6.07, 6.45) is -1.50. The minimum atomic E-state index is -2.62. The fourth-order valence-electron chi connectivity index (χ4n) is 1.34. The highest BCUT2D eigenvalue weighted by Crippen LogP contribution is 2.24. The van der Waals surface area contributed by atoms with Gasteiger partial charge < -0.3 is 4.74 Å². The van der Waals surface area contributed by atoms with Crippen LogP contribution in [-0.4, -0.2) is 17.6 Å². The molecule has 0 unspecified atom stereocenters. The van der Waals surface area contributed by atoms with Crippen LogP contribution in [0.1, 0.15) is 30.2 Å². The number of esters is 1. The second-order valence-electron chi connectivity index (χ2n) is 3.29. The summed E-state index contributed by atoms with van der Waals surface area (Å²) in [5.74, 6) is -0.525. The summed E-state index contributed by atoms with van der Waals surface area (Å²) in [5.41, 5.74) is 0.554. The SMILES string of the molecule is CCOC(=O)Cc1cnc(CBr)cc1C(F)F. The molecule has 17 heavy (non-hydrogen) atoms. The van der Waals surface area contributed by atoms with E-state index in [1.165, 1.54) is 12.3 Å². The van der Waals surface area contributed by atoms with Gasteiger partial charge in [0.2, 0.25) is 0 Å². The van der Waals surface area contributed by atoms with Crippen LogP contribution in [0.15, 0.2) is 12.3 Å². The first-order valence-corrected chi connectivity index (χ1v) is 6.18. The summed E-state index contributed by atoms with van der Waals surface area (Å²) in [4.78, 5) is 15.2. The summed E-state index contributed by atoms with van der Waals surface area (Å²) in [5, 5.41) is 0.395. The zero-order valence-corrected chi connectivity index (χ0v) is 10.8. The standard InChI is InChI=1S/C11H12BrF2NO2/c1-2-17-10(16)3-7-6-15-8(5-12)4-9(7)11(13)14/h4,6,11H,2-3,5H2,1H3. The molecule has 0 aliphatic carbocycles. The van der Waals surface area contributed by atoms with Crippen LogP contribution in [0.2, 0.25) is 0 Å². The normalized spacial score (nSPS) is 10.6. The predicted molar refractivity (Wildman–Crippen MR) is 62.2 cm³/mol. The van der Waals surface area contributed by atoms with Crippen molar-refractivity contribution in [3.8, 4) is 0 Å². The Morgan fingerprint density at radius 3 is 2.82 bits per heavy atom. The van der Waals surface area contributed by atoms with E-state index in [0.29, 0.717) is 11.0 Å².